The SMILES string of the molecule is COc1ccc2c(c1)C(=O)NC1(CC2)CCN(C(=O)c2cc(C(C)C)on2)C1. The summed E-state index contributed by atoms with van der Waals surface area (Å²) in [5.74, 6) is 1.29. The molecule has 4 rings (SSSR count). The topological polar surface area (TPSA) is 84.7 Å². The fourth-order valence-corrected chi connectivity index (χ4v) is 4.03. The summed E-state index contributed by atoms with van der Waals surface area (Å²) < 4.78 is 10.5. The molecule has 2 aliphatic rings. The van der Waals surface area contributed by atoms with Gasteiger partial charge in [-0.15, -0.1) is 0 Å². The smallest absolute Gasteiger partial charge is 0.276 e. The van der Waals surface area contributed by atoms with E-state index >= 15 is 0 Å². The minimum Gasteiger partial charge on any atom is -0.497 e. The van der Waals surface area contributed by atoms with Gasteiger partial charge in [0.1, 0.15) is 11.5 Å². The minimum absolute atomic E-state index is 0.107. The number of nitrogens with one attached hydrogen (secondary N) is 1. The molecule has 1 spiro atoms. The zero-order valence-corrected chi connectivity index (χ0v) is 16.4. The van der Waals surface area contributed by atoms with Gasteiger partial charge in [-0.25, -0.2) is 0 Å². The maximum Gasteiger partial charge on any atom is 0.276 e. The third-order valence-electron chi connectivity index (χ3n) is 5.77. The number of fused-ring (bicyclic) bond motifs is 1. The van der Waals surface area contributed by atoms with Crippen LogP contribution < -0.4 is 10.1 Å². The van der Waals surface area contributed by atoms with E-state index in [1.165, 1.54) is 0 Å². The molecular weight excluding hydrogens is 358 g/mol. The van der Waals surface area contributed by atoms with E-state index in [0.717, 1.165) is 24.8 Å². The molecule has 0 radical (unpaired) electrons. The molecule has 3 heterocycles. The Labute approximate surface area is 164 Å². The van der Waals surface area contributed by atoms with Crippen molar-refractivity contribution < 1.29 is 18.8 Å². The van der Waals surface area contributed by atoms with Crippen LogP contribution in [0.25, 0.3) is 0 Å². The molecule has 2 aromatic rings. The van der Waals surface area contributed by atoms with E-state index in [4.69, 9.17) is 9.26 Å². The van der Waals surface area contributed by atoms with Gasteiger partial charge >= 0.3 is 0 Å². The summed E-state index contributed by atoms with van der Waals surface area (Å²) in [5, 5.41) is 7.12. The lowest BCUT2D eigenvalue weighted by Gasteiger charge is -2.28. The molecule has 1 aromatic heterocycles. The standard InChI is InChI=1S/C21H25N3O4/c1-13(2)18-11-17(23-28-18)20(26)24-9-8-21(12-24)7-6-14-4-5-15(27-3)10-16(14)19(25)22-21/h4-5,10-11,13H,6-9,12H2,1-3H3,(H,22,25). The second-order valence-corrected chi connectivity index (χ2v) is 8.00. The number of aromatic nitrogens is 1. The highest BCUT2D eigenvalue weighted by molar-refractivity contribution is 5.97. The van der Waals surface area contributed by atoms with Crippen LogP contribution in [0.2, 0.25) is 0 Å². The Hall–Kier alpha value is -2.83. The minimum atomic E-state index is -0.413. The van der Waals surface area contributed by atoms with E-state index in [2.05, 4.69) is 10.5 Å². The lowest BCUT2D eigenvalue weighted by molar-refractivity contribution is 0.0755. The zero-order chi connectivity index (χ0) is 19.9. The van der Waals surface area contributed by atoms with E-state index in [-0.39, 0.29) is 17.7 Å². The molecule has 148 valence electrons. The van der Waals surface area contributed by atoms with Crippen LogP contribution in [0.1, 0.15) is 64.8 Å². The van der Waals surface area contributed by atoms with Gasteiger partial charge in [0.25, 0.3) is 11.8 Å². The van der Waals surface area contributed by atoms with Gasteiger partial charge in [-0.2, -0.15) is 0 Å². The predicted molar refractivity (Wildman–Crippen MR) is 103 cm³/mol. The van der Waals surface area contributed by atoms with E-state index < -0.39 is 5.54 Å². The molecule has 1 N–H and O–H groups in total. The van der Waals surface area contributed by atoms with Crippen LogP contribution in [0.3, 0.4) is 0 Å². The normalized spacial score (nSPS) is 21.6. The highest BCUT2D eigenvalue weighted by Gasteiger charge is 2.43. The summed E-state index contributed by atoms with van der Waals surface area (Å²) in [4.78, 5) is 27.5. The van der Waals surface area contributed by atoms with E-state index in [0.29, 0.717) is 35.9 Å². The van der Waals surface area contributed by atoms with Crippen molar-refractivity contribution in [2.45, 2.75) is 44.6 Å². The Morgan fingerprint density at radius 3 is 2.86 bits per heavy atom. The van der Waals surface area contributed by atoms with Gasteiger partial charge in [-0.1, -0.05) is 25.1 Å². The van der Waals surface area contributed by atoms with Crippen LogP contribution in [0.5, 0.6) is 5.75 Å². The van der Waals surface area contributed by atoms with Gasteiger partial charge in [0.2, 0.25) is 0 Å². The maximum absolute atomic E-state index is 12.9. The molecule has 2 aliphatic heterocycles. The lowest BCUT2D eigenvalue weighted by atomic mass is 9.91. The molecule has 28 heavy (non-hydrogen) atoms. The number of likely N-dealkylation sites (tertiary alicyclic amines) is 1. The molecule has 2 amide bonds. The number of ether oxygens (including phenoxy) is 1. The van der Waals surface area contributed by atoms with Gasteiger partial charge in [0.05, 0.1) is 12.6 Å². The van der Waals surface area contributed by atoms with Crippen LogP contribution in [0.15, 0.2) is 28.8 Å². The molecule has 0 aliphatic carbocycles. The van der Waals surface area contributed by atoms with Crippen molar-refractivity contribution in [1.29, 1.82) is 0 Å². The van der Waals surface area contributed by atoms with Crippen LogP contribution in [-0.4, -0.2) is 47.6 Å². The molecular formula is C21H25N3O4. The molecule has 1 aromatic carbocycles. The highest BCUT2D eigenvalue weighted by atomic mass is 16.5. The summed E-state index contributed by atoms with van der Waals surface area (Å²) in [7, 11) is 1.59. The Balaban J connectivity index is 1.51. The van der Waals surface area contributed by atoms with Gasteiger partial charge in [-0.3, -0.25) is 9.59 Å². The fourth-order valence-electron chi connectivity index (χ4n) is 4.03. The third-order valence-corrected chi connectivity index (χ3v) is 5.77. The molecule has 1 unspecified atom stereocenters. The zero-order valence-electron chi connectivity index (χ0n) is 16.4. The number of carbonyl (C=O) groups is 2. The second kappa shape index (κ2) is 6.96. The molecule has 7 nitrogen and oxygen atoms in total. The monoisotopic (exact) mass is 383 g/mol. The first-order valence-electron chi connectivity index (χ1n) is 9.66. The Morgan fingerprint density at radius 1 is 1.32 bits per heavy atom. The molecule has 0 saturated carbocycles. The summed E-state index contributed by atoms with van der Waals surface area (Å²) in [6.07, 6.45) is 2.30. The Bertz CT molecular complexity index is 920. The number of nitrogens with zero attached hydrogens (tertiary/aromatic N) is 2. The third kappa shape index (κ3) is 3.25. The van der Waals surface area contributed by atoms with Crippen molar-refractivity contribution >= 4 is 11.8 Å². The Morgan fingerprint density at radius 2 is 2.14 bits per heavy atom. The van der Waals surface area contributed by atoms with Crippen molar-refractivity contribution in [2.24, 2.45) is 0 Å². The predicted octanol–water partition coefficient (Wildman–Crippen LogP) is 2.77. The lowest BCUT2D eigenvalue weighted by Crippen LogP contribution is -2.50. The number of rotatable bonds is 3. The van der Waals surface area contributed by atoms with Crippen LogP contribution in [-0.2, 0) is 6.42 Å². The molecule has 7 heteroatoms. The van der Waals surface area contributed by atoms with Gasteiger partial charge in [0, 0.05) is 30.6 Å². The number of amides is 2. The first-order valence-corrected chi connectivity index (χ1v) is 9.66. The maximum atomic E-state index is 12.9. The first kappa shape index (κ1) is 18.5. The van der Waals surface area contributed by atoms with Crippen molar-refractivity contribution in [2.75, 3.05) is 20.2 Å². The van der Waals surface area contributed by atoms with Gasteiger partial charge in [0.15, 0.2) is 5.69 Å². The van der Waals surface area contributed by atoms with Crippen molar-refractivity contribution in [3.05, 3.63) is 46.8 Å². The number of carbonyl (C=O) groups excluding carboxylic acids is 2. The highest BCUT2D eigenvalue weighted by Crippen LogP contribution is 2.32. The van der Waals surface area contributed by atoms with Crippen molar-refractivity contribution in [3.63, 3.8) is 0 Å². The first-order chi connectivity index (χ1) is 13.4. The van der Waals surface area contributed by atoms with Crippen LogP contribution in [0.4, 0.5) is 0 Å². The van der Waals surface area contributed by atoms with Crippen LogP contribution >= 0.6 is 0 Å². The summed E-state index contributed by atoms with van der Waals surface area (Å²) in [6, 6.07) is 7.33. The number of aryl methyl sites for hydroxylation is 1. The number of hydrogen-bond donors (Lipinski definition) is 1. The summed E-state index contributed by atoms with van der Waals surface area (Å²) in [5.41, 5.74) is 1.58. The average Bonchev–Trinajstić information content (AvgIpc) is 3.31. The van der Waals surface area contributed by atoms with Gasteiger partial charge < -0.3 is 19.5 Å². The largest absolute Gasteiger partial charge is 0.497 e. The number of benzene rings is 1. The van der Waals surface area contributed by atoms with Crippen molar-refractivity contribution in [1.82, 2.24) is 15.4 Å². The molecule has 1 fully saturated rings. The summed E-state index contributed by atoms with van der Waals surface area (Å²) >= 11 is 0. The number of hydrogen-bond acceptors (Lipinski definition) is 5. The van der Waals surface area contributed by atoms with Crippen LogP contribution in [0, 0.1) is 0 Å². The second-order valence-electron chi connectivity index (χ2n) is 8.00. The fraction of sp³-hybridized carbons (Fsp3) is 0.476. The van der Waals surface area contributed by atoms with Crippen molar-refractivity contribution in [3.8, 4) is 5.75 Å². The number of methoxy groups -OCH3 is 1. The quantitative estimate of drug-likeness (QED) is 0.881. The average molecular weight is 383 g/mol. The Kier molecular flexibility index (Phi) is 4.61. The van der Waals surface area contributed by atoms with E-state index in [1.807, 2.05) is 26.0 Å². The molecule has 1 saturated heterocycles. The summed E-state index contributed by atoms with van der Waals surface area (Å²) in [6.45, 7) is 5.05. The molecule has 0 bridgehead atoms. The van der Waals surface area contributed by atoms with E-state index in [9.17, 15) is 9.59 Å². The molecule has 1 atom stereocenters. The van der Waals surface area contributed by atoms with E-state index in [1.54, 1.807) is 24.1 Å². The van der Waals surface area contributed by atoms with Gasteiger partial charge in [-0.05, 0) is 37.0 Å².